The zero-order valence-electron chi connectivity index (χ0n) is 13.7. The molecular formula is C17H34N2O. The van der Waals surface area contributed by atoms with Crippen molar-refractivity contribution in [2.45, 2.75) is 64.5 Å². The highest BCUT2D eigenvalue weighted by Gasteiger charge is 2.32. The summed E-state index contributed by atoms with van der Waals surface area (Å²) in [6.07, 6.45) is 7.34. The molecule has 3 heteroatoms. The molecule has 4 unspecified atom stereocenters. The van der Waals surface area contributed by atoms with Gasteiger partial charge in [-0.3, -0.25) is 0 Å². The van der Waals surface area contributed by atoms with Crippen molar-refractivity contribution < 1.29 is 5.11 Å². The average Bonchev–Trinajstić information content (AvgIpc) is 2.45. The van der Waals surface area contributed by atoms with E-state index in [9.17, 15) is 5.11 Å². The minimum atomic E-state index is -0.0529. The lowest BCUT2D eigenvalue weighted by Gasteiger charge is -2.42. The van der Waals surface area contributed by atoms with Crippen molar-refractivity contribution in [3.8, 4) is 0 Å². The predicted octanol–water partition coefficient (Wildman–Crippen LogP) is 2.59. The molecule has 118 valence electrons. The highest BCUT2D eigenvalue weighted by molar-refractivity contribution is 4.85. The molecule has 0 aromatic rings. The molecule has 1 aliphatic heterocycles. The number of hydrogen-bond donors (Lipinski definition) is 1. The molecule has 0 bridgehead atoms. The summed E-state index contributed by atoms with van der Waals surface area (Å²) in [6.45, 7) is 9.23. The van der Waals surface area contributed by atoms with E-state index in [0.29, 0.717) is 12.0 Å². The Labute approximate surface area is 125 Å². The maximum absolute atomic E-state index is 10.3. The van der Waals surface area contributed by atoms with Gasteiger partial charge >= 0.3 is 0 Å². The number of piperazine rings is 1. The smallest absolute Gasteiger partial charge is 0.0580 e. The van der Waals surface area contributed by atoms with Crippen LogP contribution in [-0.4, -0.2) is 60.3 Å². The molecular weight excluding hydrogens is 248 g/mol. The fourth-order valence-electron chi connectivity index (χ4n) is 4.16. The first-order valence-electron chi connectivity index (χ1n) is 8.74. The van der Waals surface area contributed by atoms with E-state index >= 15 is 0 Å². The Morgan fingerprint density at radius 3 is 2.65 bits per heavy atom. The highest BCUT2D eigenvalue weighted by atomic mass is 16.3. The van der Waals surface area contributed by atoms with Crippen LogP contribution < -0.4 is 0 Å². The minimum absolute atomic E-state index is 0.0529. The first-order valence-corrected chi connectivity index (χ1v) is 8.74. The van der Waals surface area contributed by atoms with Crippen LogP contribution >= 0.6 is 0 Å². The highest BCUT2D eigenvalue weighted by Crippen LogP contribution is 2.33. The van der Waals surface area contributed by atoms with Crippen LogP contribution in [0.4, 0.5) is 0 Å². The molecule has 2 fully saturated rings. The number of hydrogen-bond acceptors (Lipinski definition) is 3. The summed E-state index contributed by atoms with van der Waals surface area (Å²) in [7, 11) is 2.25. The molecule has 1 saturated carbocycles. The molecule has 0 aromatic carbocycles. The first-order chi connectivity index (χ1) is 9.63. The Morgan fingerprint density at radius 2 is 1.95 bits per heavy atom. The SMILES string of the molecule is CCCC1CCC(O)C(CN2CCN(C)C(CC)C2)C1. The molecule has 1 aliphatic carbocycles. The third-order valence-electron chi connectivity index (χ3n) is 5.57. The molecule has 1 heterocycles. The third kappa shape index (κ3) is 4.19. The van der Waals surface area contributed by atoms with Crippen LogP contribution in [0, 0.1) is 11.8 Å². The Morgan fingerprint density at radius 1 is 1.15 bits per heavy atom. The van der Waals surface area contributed by atoms with Crippen molar-refractivity contribution in [1.29, 1.82) is 0 Å². The van der Waals surface area contributed by atoms with E-state index in [2.05, 4.69) is 30.7 Å². The van der Waals surface area contributed by atoms with Gasteiger partial charge in [-0.05, 0) is 44.6 Å². The maximum atomic E-state index is 10.3. The van der Waals surface area contributed by atoms with Gasteiger partial charge in [0.15, 0.2) is 0 Å². The van der Waals surface area contributed by atoms with E-state index in [4.69, 9.17) is 0 Å². The Hall–Kier alpha value is -0.120. The second-order valence-corrected chi connectivity index (χ2v) is 7.10. The number of rotatable bonds is 5. The van der Waals surface area contributed by atoms with Crippen LogP contribution in [0.3, 0.4) is 0 Å². The quantitative estimate of drug-likeness (QED) is 0.839. The molecule has 2 rings (SSSR count). The standard InChI is InChI=1S/C17H34N2O/c1-4-6-14-7-8-17(20)15(11-14)12-19-10-9-18(3)16(5-2)13-19/h14-17,20H,4-13H2,1-3H3. The molecule has 0 aromatic heterocycles. The fraction of sp³-hybridized carbons (Fsp3) is 1.00. The van der Waals surface area contributed by atoms with Gasteiger partial charge in [-0.1, -0.05) is 26.7 Å². The Bertz CT molecular complexity index is 284. The van der Waals surface area contributed by atoms with Crippen molar-refractivity contribution in [2.24, 2.45) is 11.8 Å². The molecule has 2 aliphatic rings. The van der Waals surface area contributed by atoms with Gasteiger partial charge in [-0.15, -0.1) is 0 Å². The average molecular weight is 282 g/mol. The van der Waals surface area contributed by atoms with Crippen molar-refractivity contribution in [3.05, 3.63) is 0 Å². The topological polar surface area (TPSA) is 26.7 Å². The van der Waals surface area contributed by atoms with Gasteiger partial charge in [0.05, 0.1) is 6.10 Å². The van der Waals surface area contributed by atoms with E-state index in [1.807, 2.05) is 0 Å². The van der Waals surface area contributed by atoms with Gasteiger partial charge < -0.3 is 14.9 Å². The van der Waals surface area contributed by atoms with E-state index in [1.165, 1.54) is 51.7 Å². The van der Waals surface area contributed by atoms with Crippen molar-refractivity contribution in [3.63, 3.8) is 0 Å². The van der Waals surface area contributed by atoms with Gasteiger partial charge in [-0.25, -0.2) is 0 Å². The minimum Gasteiger partial charge on any atom is -0.393 e. The first kappa shape index (κ1) is 16.3. The van der Waals surface area contributed by atoms with E-state index in [0.717, 1.165) is 18.9 Å². The zero-order valence-corrected chi connectivity index (χ0v) is 13.7. The summed E-state index contributed by atoms with van der Waals surface area (Å²) < 4.78 is 0. The number of aliphatic hydroxyl groups is 1. The molecule has 0 radical (unpaired) electrons. The van der Waals surface area contributed by atoms with E-state index in [1.54, 1.807) is 0 Å². The summed E-state index contributed by atoms with van der Waals surface area (Å²) in [4.78, 5) is 5.10. The van der Waals surface area contributed by atoms with Crippen LogP contribution in [0.2, 0.25) is 0 Å². The second kappa shape index (κ2) is 7.77. The Balaban J connectivity index is 1.84. The molecule has 20 heavy (non-hydrogen) atoms. The van der Waals surface area contributed by atoms with Crippen LogP contribution in [0.15, 0.2) is 0 Å². The number of nitrogens with zero attached hydrogens (tertiary/aromatic N) is 2. The van der Waals surface area contributed by atoms with Crippen LogP contribution in [0.5, 0.6) is 0 Å². The number of aliphatic hydroxyl groups excluding tert-OH is 1. The Kier molecular flexibility index (Phi) is 6.31. The van der Waals surface area contributed by atoms with Crippen LogP contribution in [0.1, 0.15) is 52.4 Å². The maximum Gasteiger partial charge on any atom is 0.0580 e. The van der Waals surface area contributed by atoms with Gasteiger partial charge in [-0.2, -0.15) is 0 Å². The van der Waals surface area contributed by atoms with Gasteiger partial charge in [0.2, 0.25) is 0 Å². The summed E-state index contributed by atoms with van der Waals surface area (Å²) in [6, 6.07) is 0.705. The predicted molar refractivity (Wildman–Crippen MR) is 84.9 cm³/mol. The summed E-state index contributed by atoms with van der Waals surface area (Å²) >= 11 is 0. The van der Waals surface area contributed by atoms with Crippen molar-refractivity contribution in [1.82, 2.24) is 9.80 Å². The molecule has 1 N–H and O–H groups in total. The lowest BCUT2D eigenvalue weighted by atomic mass is 9.77. The van der Waals surface area contributed by atoms with E-state index in [-0.39, 0.29) is 6.10 Å². The van der Waals surface area contributed by atoms with Crippen LogP contribution in [-0.2, 0) is 0 Å². The monoisotopic (exact) mass is 282 g/mol. The fourth-order valence-corrected chi connectivity index (χ4v) is 4.16. The molecule has 0 amide bonds. The number of likely N-dealkylation sites (N-methyl/N-ethyl adjacent to an activating group) is 1. The summed E-state index contributed by atoms with van der Waals surface area (Å²) in [5.41, 5.74) is 0. The van der Waals surface area contributed by atoms with Gasteiger partial charge in [0.25, 0.3) is 0 Å². The molecule has 3 nitrogen and oxygen atoms in total. The lowest BCUT2D eigenvalue weighted by molar-refractivity contribution is 0.00766. The summed E-state index contributed by atoms with van der Waals surface area (Å²) in [5, 5.41) is 10.3. The zero-order chi connectivity index (χ0) is 14.5. The van der Waals surface area contributed by atoms with Gasteiger partial charge in [0, 0.05) is 32.2 Å². The summed E-state index contributed by atoms with van der Waals surface area (Å²) in [5.74, 6) is 1.38. The van der Waals surface area contributed by atoms with Crippen molar-refractivity contribution >= 4 is 0 Å². The molecule has 1 saturated heterocycles. The lowest BCUT2D eigenvalue weighted by Crippen LogP contribution is -2.53. The second-order valence-electron chi connectivity index (χ2n) is 7.10. The van der Waals surface area contributed by atoms with E-state index < -0.39 is 0 Å². The molecule has 4 atom stereocenters. The third-order valence-corrected chi connectivity index (χ3v) is 5.57. The molecule has 0 spiro atoms. The normalized spacial score (nSPS) is 37.2. The van der Waals surface area contributed by atoms with Crippen LogP contribution in [0.25, 0.3) is 0 Å². The van der Waals surface area contributed by atoms with Crippen molar-refractivity contribution in [2.75, 3.05) is 33.2 Å². The van der Waals surface area contributed by atoms with Gasteiger partial charge in [0.1, 0.15) is 0 Å². The largest absolute Gasteiger partial charge is 0.393 e.